The Hall–Kier alpha value is -2.58. The van der Waals surface area contributed by atoms with Gasteiger partial charge in [0.15, 0.2) is 5.82 Å². The van der Waals surface area contributed by atoms with Gasteiger partial charge in [-0.25, -0.2) is 9.97 Å². The highest BCUT2D eigenvalue weighted by Crippen LogP contribution is 2.29. The van der Waals surface area contributed by atoms with Crippen molar-refractivity contribution in [2.45, 2.75) is 6.18 Å². The molecule has 9 heteroatoms. The molecule has 3 heterocycles. The van der Waals surface area contributed by atoms with Gasteiger partial charge in [0.1, 0.15) is 12.1 Å². The van der Waals surface area contributed by atoms with Gasteiger partial charge in [-0.05, 0) is 6.07 Å². The summed E-state index contributed by atoms with van der Waals surface area (Å²) in [4.78, 5) is 10.2. The molecule has 0 aliphatic rings. The fraction of sp³-hybridized carbons (Fsp3) is 0.182. The van der Waals surface area contributed by atoms with Crippen molar-refractivity contribution in [2.75, 3.05) is 7.11 Å². The molecule has 1 N–H and O–H groups in total. The third-order valence-electron chi connectivity index (χ3n) is 2.72. The van der Waals surface area contributed by atoms with E-state index >= 15 is 0 Å². The summed E-state index contributed by atoms with van der Waals surface area (Å²) in [5.74, 6) is -0.482. The number of aromatic nitrogens is 5. The highest BCUT2D eigenvalue weighted by atomic mass is 19.4. The van der Waals surface area contributed by atoms with Crippen molar-refractivity contribution in [3.8, 4) is 11.6 Å². The van der Waals surface area contributed by atoms with Gasteiger partial charge in [0.05, 0.1) is 18.8 Å². The van der Waals surface area contributed by atoms with Crippen LogP contribution >= 0.6 is 0 Å². The number of nitrogens with one attached hydrogen (secondary N) is 1. The molecule has 0 bridgehead atoms. The molecule has 0 radical (unpaired) electrons. The summed E-state index contributed by atoms with van der Waals surface area (Å²) in [7, 11) is 1.49. The summed E-state index contributed by atoms with van der Waals surface area (Å²) in [6.45, 7) is 0. The maximum absolute atomic E-state index is 12.5. The number of pyridine rings is 1. The molecule has 0 spiro atoms. The molecule has 0 unspecified atom stereocenters. The molecule has 0 fully saturated rings. The van der Waals surface area contributed by atoms with E-state index in [4.69, 9.17) is 4.74 Å². The summed E-state index contributed by atoms with van der Waals surface area (Å²) in [5.41, 5.74) is 0.517. The molecular weight excluding hydrogens is 275 g/mol. The van der Waals surface area contributed by atoms with Crippen LogP contribution in [-0.2, 0) is 6.18 Å². The molecule has 0 saturated carbocycles. The van der Waals surface area contributed by atoms with Crippen LogP contribution in [0.4, 0.5) is 13.2 Å². The second-order valence-electron chi connectivity index (χ2n) is 3.93. The molecule has 0 aliphatic heterocycles. The molecule has 0 aromatic carbocycles. The smallest absolute Gasteiger partial charge is 0.453 e. The van der Waals surface area contributed by atoms with Gasteiger partial charge in [-0.2, -0.15) is 17.9 Å². The van der Waals surface area contributed by atoms with Gasteiger partial charge in [-0.3, -0.25) is 0 Å². The lowest BCUT2D eigenvalue weighted by Crippen LogP contribution is -2.09. The van der Waals surface area contributed by atoms with E-state index in [0.717, 1.165) is 11.0 Å². The van der Waals surface area contributed by atoms with Gasteiger partial charge < -0.3 is 9.72 Å². The zero-order valence-corrected chi connectivity index (χ0v) is 10.1. The molecule has 20 heavy (non-hydrogen) atoms. The predicted molar refractivity (Wildman–Crippen MR) is 62.6 cm³/mol. The zero-order chi connectivity index (χ0) is 14.3. The van der Waals surface area contributed by atoms with Gasteiger partial charge in [-0.1, -0.05) is 0 Å². The van der Waals surface area contributed by atoms with Gasteiger partial charge in [0, 0.05) is 11.6 Å². The topological polar surface area (TPSA) is 68.6 Å². The van der Waals surface area contributed by atoms with E-state index in [9.17, 15) is 13.2 Å². The highest BCUT2D eigenvalue weighted by Gasteiger charge is 2.36. The van der Waals surface area contributed by atoms with Crippen LogP contribution in [0, 0.1) is 0 Å². The monoisotopic (exact) mass is 283 g/mol. The Kier molecular flexibility index (Phi) is 2.63. The number of fused-ring (bicyclic) bond motifs is 1. The minimum absolute atomic E-state index is 0.216. The fourth-order valence-corrected chi connectivity index (χ4v) is 1.84. The molecule has 3 rings (SSSR count). The number of rotatable bonds is 2. The highest BCUT2D eigenvalue weighted by molar-refractivity contribution is 5.90. The summed E-state index contributed by atoms with van der Waals surface area (Å²) in [6.07, 6.45) is -0.565. The molecule has 0 amide bonds. The summed E-state index contributed by atoms with van der Waals surface area (Å²) >= 11 is 0. The van der Waals surface area contributed by atoms with Crippen LogP contribution in [0.25, 0.3) is 16.7 Å². The Labute approximate surface area is 110 Å². The lowest BCUT2D eigenvalue weighted by Gasteiger charge is -2.05. The van der Waals surface area contributed by atoms with Crippen LogP contribution in [0.2, 0.25) is 0 Å². The summed E-state index contributed by atoms with van der Waals surface area (Å²) in [6, 6.07) is 1.74. The minimum atomic E-state index is -4.59. The van der Waals surface area contributed by atoms with E-state index in [2.05, 4.69) is 20.1 Å². The van der Waals surface area contributed by atoms with E-state index in [1.807, 2.05) is 0 Å². The SMILES string of the molecule is COc1cnc(-n2cnc(C(F)(F)F)n2)c2[nH]ccc12. The molecule has 0 atom stereocenters. The van der Waals surface area contributed by atoms with Crippen molar-refractivity contribution in [1.29, 1.82) is 0 Å². The van der Waals surface area contributed by atoms with Crippen molar-refractivity contribution in [3.05, 3.63) is 30.6 Å². The number of halogens is 3. The number of methoxy groups -OCH3 is 1. The van der Waals surface area contributed by atoms with Crippen LogP contribution in [0.15, 0.2) is 24.8 Å². The lowest BCUT2D eigenvalue weighted by molar-refractivity contribution is -0.144. The Morgan fingerprint density at radius 2 is 2.10 bits per heavy atom. The quantitative estimate of drug-likeness (QED) is 0.782. The lowest BCUT2D eigenvalue weighted by atomic mass is 10.3. The second-order valence-corrected chi connectivity index (χ2v) is 3.93. The van der Waals surface area contributed by atoms with Crippen molar-refractivity contribution < 1.29 is 17.9 Å². The van der Waals surface area contributed by atoms with E-state index in [1.54, 1.807) is 12.3 Å². The van der Waals surface area contributed by atoms with Gasteiger partial charge in [0.25, 0.3) is 5.82 Å². The van der Waals surface area contributed by atoms with Gasteiger partial charge >= 0.3 is 6.18 Å². The van der Waals surface area contributed by atoms with Crippen LogP contribution in [0.1, 0.15) is 5.82 Å². The number of nitrogens with zero attached hydrogens (tertiary/aromatic N) is 4. The number of alkyl halides is 3. The first-order valence-electron chi connectivity index (χ1n) is 5.50. The Morgan fingerprint density at radius 3 is 2.75 bits per heavy atom. The first-order valence-corrected chi connectivity index (χ1v) is 5.50. The third kappa shape index (κ3) is 1.87. The van der Waals surface area contributed by atoms with E-state index in [-0.39, 0.29) is 5.82 Å². The molecule has 3 aromatic rings. The van der Waals surface area contributed by atoms with Crippen molar-refractivity contribution in [3.63, 3.8) is 0 Å². The number of hydrogen-bond acceptors (Lipinski definition) is 4. The minimum Gasteiger partial charge on any atom is -0.494 e. The Bertz CT molecular complexity index is 761. The first-order chi connectivity index (χ1) is 9.50. The predicted octanol–water partition coefficient (Wildman–Crippen LogP) is 2.17. The van der Waals surface area contributed by atoms with Crippen LogP contribution < -0.4 is 4.74 Å². The molecular formula is C11H8F3N5O. The number of aromatic amines is 1. The van der Waals surface area contributed by atoms with Crippen LogP contribution in [0.3, 0.4) is 0 Å². The summed E-state index contributed by atoms with van der Waals surface area (Å²) < 4.78 is 43.6. The average molecular weight is 283 g/mol. The first kappa shape index (κ1) is 12.5. The third-order valence-corrected chi connectivity index (χ3v) is 2.72. The molecule has 0 saturated heterocycles. The van der Waals surface area contributed by atoms with Crippen LogP contribution in [0.5, 0.6) is 5.75 Å². The van der Waals surface area contributed by atoms with Gasteiger partial charge in [0.2, 0.25) is 0 Å². The standard InChI is InChI=1S/C11H8F3N5O/c1-20-7-4-16-9(8-6(7)2-3-15-8)19-5-17-10(18-19)11(12,13)14/h2-5,15H,1H3. The van der Waals surface area contributed by atoms with E-state index in [0.29, 0.717) is 16.7 Å². The van der Waals surface area contributed by atoms with Crippen LogP contribution in [-0.4, -0.2) is 31.8 Å². The fourth-order valence-electron chi connectivity index (χ4n) is 1.84. The maximum Gasteiger partial charge on any atom is 0.453 e. The van der Waals surface area contributed by atoms with Crippen molar-refractivity contribution >= 4 is 10.9 Å². The Morgan fingerprint density at radius 1 is 1.30 bits per heavy atom. The van der Waals surface area contributed by atoms with Crippen molar-refractivity contribution in [1.82, 2.24) is 24.7 Å². The number of ether oxygens (including phenoxy) is 1. The molecule has 0 aliphatic carbocycles. The molecule has 6 nitrogen and oxygen atoms in total. The number of H-pyrrole nitrogens is 1. The van der Waals surface area contributed by atoms with E-state index < -0.39 is 12.0 Å². The zero-order valence-electron chi connectivity index (χ0n) is 10.1. The van der Waals surface area contributed by atoms with Crippen molar-refractivity contribution in [2.24, 2.45) is 0 Å². The largest absolute Gasteiger partial charge is 0.494 e. The summed E-state index contributed by atoms with van der Waals surface area (Å²) in [5, 5.41) is 4.09. The second kappa shape index (κ2) is 4.22. The molecule has 3 aromatic heterocycles. The van der Waals surface area contributed by atoms with Gasteiger partial charge in [-0.15, -0.1) is 5.10 Å². The number of hydrogen-bond donors (Lipinski definition) is 1. The normalized spacial score (nSPS) is 12.0. The maximum atomic E-state index is 12.5. The molecule has 104 valence electrons. The Balaban J connectivity index is 2.15. The average Bonchev–Trinajstić information content (AvgIpc) is 3.05. The van der Waals surface area contributed by atoms with E-state index in [1.165, 1.54) is 13.3 Å².